The van der Waals surface area contributed by atoms with E-state index in [4.69, 9.17) is 4.74 Å². The van der Waals surface area contributed by atoms with Gasteiger partial charge in [-0.05, 0) is 73.2 Å². The predicted molar refractivity (Wildman–Crippen MR) is 139 cm³/mol. The van der Waals surface area contributed by atoms with Gasteiger partial charge in [-0.2, -0.15) is 0 Å². The first-order valence-electron chi connectivity index (χ1n) is 12.2. The first kappa shape index (κ1) is 24.8. The highest BCUT2D eigenvalue weighted by Crippen LogP contribution is 2.32. The lowest BCUT2D eigenvalue weighted by Crippen LogP contribution is -2.47. The number of phenolic OH excluding ortho intramolecular Hbond substituents is 1. The molecule has 1 saturated carbocycles. The number of benzene rings is 2. The maximum atomic E-state index is 13.8. The first-order chi connectivity index (χ1) is 17.0. The van der Waals surface area contributed by atoms with E-state index >= 15 is 0 Å². The zero-order chi connectivity index (χ0) is 24.6. The molecule has 2 aromatic carbocycles. The predicted octanol–water partition coefficient (Wildman–Crippen LogP) is 5.62. The molecule has 2 amide bonds. The number of thiophene rings is 1. The number of anilines is 1. The molecule has 0 saturated heterocycles. The van der Waals surface area contributed by atoms with Crippen LogP contribution in [0.1, 0.15) is 55.5 Å². The number of hydrogen-bond acceptors (Lipinski definition) is 5. The molecule has 1 aliphatic carbocycles. The first-order valence-corrected chi connectivity index (χ1v) is 13.1. The molecule has 1 heterocycles. The molecule has 4 rings (SSSR count). The number of ether oxygens (including phenoxy) is 1. The van der Waals surface area contributed by atoms with Crippen molar-refractivity contribution >= 4 is 28.8 Å². The number of amides is 2. The van der Waals surface area contributed by atoms with E-state index in [9.17, 15) is 14.7 Å². The van der Waals surface area contributed by atoms with Crippen molar-refractivity contribution in [3.63, 3.8) is 0 Å². The van der Waals surface area contributed by atoms with Crippen LogP contribution in [0.3, 0.4) is 0 Å². The molecule has 7 heteroatoms. The molecular formula is C28H32N2O4S. The van der Waals surface area contributed by atoms with E-state index < -0.39 is 6.04 Å². The Balaban J connectivity index is 1.73. The molecular weight excluding hydrogens is 460 g/mol. The zero-order valence-electron chi connectivity index (χ0n) is 20.0. The summed E-state index contributed by atoms with van der Waals surface area (Å²) in [5, 5.41) is 15.0. The largest absolute Gasteiger partial charge is 0.508 e. The summed E-state index contributed by atoms with van der Waals surface area (Å²) in [6.07, 6.45) is 5.45. The zero-order valence-corrected chi connectivity index (χ0v) is 20.8. The van der Waals surface area contributed by atoms with E-state index in [0.29, 0.717) is 23.6 Å². The van der Waals surface area contributed by atoms with Crippen LogP contribution in [0.25, 0.3) is 0 Å². The van der Waals surface area contributed by atoms with Gasteiger partial charge in [-0.25, -0.2) is 0 Å². The van der Waals surface area contributed by atoms with Crippen LogP contribution in [0.15, 0.2) is 66.0 Å². The number of nitrogens with one attached hydrogen (secondary N) is 1. The van der Waals surface area contributed by atoms with Crippen LogP contribution in [0, 0.1) is 0 Å². The Bertz CT molecular complexity index is 1090. The van der Waals surface area contributed by atoms with E-state index in [1.165, 1.54) is 17.8 Å². The molecule has 0 radical (unpaired) electrons. The lowest BCUT2D eigenvalue weighted by Gasteiger charge is -2.33. The summed E-state index contributed by atoms with van der Waals surface area (Å²) in [7, 11) is 0. The van der Waals surface area contributed by atoms with Gasteiger partial charge < -0.3 is 15.2 Å². The normalized spacial score (nSPS) is 14.8. The minimum absolute atomic E-state index is 0.102. The molecule has 0 aliphatic heterocycles. The fraction of sp³-hybridized carbons (Fsp3) is 0.357. The fourth-order valence-electron chi connectivity index (χ4n) is 4.56. The SMILES string of the molecule is CCOc1ccc(N(C(=O)Cc2cccs2)[C@H](C(=O)NC2CCCCC2)c2ccc(O)cc2)cc1. The molecule has 1 fully saturated rings. The molecule has 6 nitrogen and oxygen atoms in total. The van der Waals surface area contributed by atoms with Gasteiger partial charge in [0, 0.05) is 16.6 Å². The summed E-state index contributed by atoms with van der Waals surface area (Å²) in [6, 6.07) is 16.9. The van der Waals surface area contributed by atoms with Crippen molar-refractivity contribution in [3.05, 3.63) is 76.5 Å². The average Bonchev–Trinajstić information content (AvgIpc) is 3.37. The molecule has 1 aromatic heterocycles. The maximum absolute atomic E-state index is 13.8. The van der Waals surface area contributed by atoms with Crippen molar-refractivity contribution in [1.82, 2.24) is 5.32 Å². The van der Waals surface area contributed by atoms with Gasteiger partial charge in [0.15, 0.2) is 0 Å². The third kappa shape index (κ3) is 6.42. The van der Waals surface area contributed by atoms with Crippen molar-refractivity contribution in [2.45, 2.75) is 57.5 Å². The van der Waals surface area contributed by atoms with Crippen LogP contribution >= 0.6 is 11.3 Å². The van der Waals surface area contributed by atoms with Gasteiger partial charge >= 0.3 is 0 Å². The molecule has 35 heavy (non-hydrogen) atoms. The van der Waals surface area contributed by atoms with Crippen LogP contribution in [0.4, 0.5) is 5.69 Å². The van der Waals surface area contributed by atoms with Crippen molar-refractivity contribution in [3.8, 4) is 11.5 Å². The van der Waals surface area contributed by atoms with Crippen molar-refractivity contribution in [2.75, 3.05) is 11.5 Å². The quantitative estimate of drug-likeness (QED) is 0.406. The maximum Gasteiger partial charge on any atom is 0.248 e. The van der Waals surface area contributed by atoms with E-state index in [-0.39, 0.29) is 30.0 Å². The minimum atomic E-state index is -0.872. The molecule has 0 spiro atoms. The summed E-state index contributed by atoms with van der Waals surface area (Å²) in [5.41, 5.74) is 1.26. The summed E-state index contributed by atoms with van der Waals surface area (Å²) >= 11 is 1.52. The fourth-order valence-corrected chi connectivity index (χ4v) is 5.25. The van der Waals surface area contributed by atoms with Crippen LogP contribution in [-0.2, 0) is 16.0 Å². The smallest absolute Gasteiger partial charge is 0.248 e. The van der Waals surface area contributed by atoms with Gasteiger partial charge in [-0.1, -0.05) is 37.5 Å². The van der Waals surface area contributed by atoms with E-state index in [1.54, 1.807) is 29.2 Å². The molecule has 0 unspecified atom stereocenters. The number of aromatic hydroxyl groups is 1. The second-order valence-electron chi connectivity index (χ2n) is 8.78. The third-order valence-corrected chi connectivity index (χ3v) is 7.14. The van der Waals surface area contributed by atoms with Gasteiger partial charge in [0.05, 0.1) is 13.0 Å². The second-order valence-corrected chi connectivity index (χ2v) is 9.82. The number of carbonyl (C=O) groups is 2. The summed E-state index contributed by atoms with van der Waals surface area (Å²) in [4.78, 5) is 30.1. The van der Waals surface area contributed by atoms with Crippen LogP contribution in [0.5, 0.6) is 11.5 Å². The highest BCUT2D eigenvalue weighted by atomic mass is 32.1. The van der Waals surface area contributed by atoms with Crippen LogP contribution in [0.2, 0.25) is 0 Å². The molecule has 2 N–H and O–H groups in total. The Kier molecular flexibility index (Phi) is 8.42. The van der Waals surface area contributed by atoms with Gasteiger partial charge in [-0.15, -0.1) is 11.3 Å². The number of nitrogens with zero attached hydrogens (tertiary/aromatic N) is 1. The van der Waals surface area contributed by atoms with Crippen LogP contribution in [-0.4, -0.2) is 29.6 Å². The van der Waals surface area contributed by atoms with E-state index in [2.05, 4.69) is 5.32 Å². The third-order valence-electron chi connectivity index (χ3n) is 6.27. The summed E-state index contributed by atoms with van der Waals surface area (Å²) in [6.45, 7) is 2.46. The molecule has 1 atom stereocenters. The monoisotopic (exact) mass is 492 g/mol. The number of carbonyl (C=O) groups excluding carboxylic acids is 2. The standard InChI is InChI=1S/C28H32N2O4S/c1-2-34-24-16-12-22(13-17-24)30(26(32)19-25-9-6-18-35-25)27(20-10-14-23(31)15-11-20)28(33)29-21-7-4-3-5-8-21/h6,9-18,21,27,31H,2-5,7-8,19H2,1H3,(H,29,33)/t27-/m0/s1. The lowest BCUT2D eigenvalue weighted by atomic mass is 9.94. The molecule has 1 aliphatic rings. The summed E-state index contributed by atoms with van der Waals surface area (Å²) < 4.78 is 5.58. The summed E-state index contributed by atoms with van der Waals surface area (Å²) in [5.74, 6) is 0.428. The highest BCUT2D eigenvalue weighted by molar-refractivity contribution is 7.10. The van der Waals surface area contributed by atoms with Crippen molar-refractivity contribution < 1.29 is 19.4 Å². The van der Waals surface area contributed by atoms with E-state index in [1.807, 2.05) is 48.7 Å². The highest BCUT2D eigenvalue weighted by Gasteiger charge is 2.34. The van der Waals surface area contributed by atoms with Crippen molar-refractivity contribution in [1.29, 1.82) is 0 Å². The number of phenols is 1. The van der Waals surface area contributed by atoms with E-state index in [0.717, 1.165) is 30.6 Å². The second kappa shape index (κ2) is 11.9. The number of rotatable bonds is 9. The van der Waals surface area contributed by atoms with Gasteiger partial charge in [0.2, 0.25) is 11.8 Å². The van der Waals surface area contributed by atoms with Crippen LogP contribution < -0.4 is 15.0 Å². The van der Waals surface area contributed by atoms with Gasteiger partial charge in [-0.3, -0.25) is 14.5 Å². The van der Waals surface area contributed by atoms with Crippen molar-refractivity contribution in [2.24, 2.45) is 0 Å². The molecule has 184 valence electrons. The molecule has 0 bridgehead atoms. The Labute approximate surface area is 210 Å². The number of hydrogen-bond donors (Lipinski definition) is 2. The molecule has 3 aromatic rings. The Morgan fingerprint density at radius 1 is 1.06 bits per heavy atom. The lowest BCUT2D eigenvalue weighted by molar-refractivity contribution is -0.127. The Morgan fingerprint density at radius 3 is 2.40 bits per heavy atom. The Hall–Kier alpha value is -3.32. The average molecular weight is 493 g/mol. The topological polar surface area (TPSA) is 78.9 Å². The van der Waals surface area contributed by atoms with Gasteiger partial charge in [0.25, 0.3) is 0 Å². The Morgan fingerprint density at radius 2 is 1.77 bits per heavy atom. The van der Waals surface area contributed by atoms with Gasteiger partial charge in [0.1, 0.15) is 17.5 Å². The minimum Gasteiger partial charge on any atom is -0.508 e.